The molecule has 16 heavy (non-hydrogen) atoms. The monoisotopic (exact) mass is 218 g/mol. The summed E-state index contributed by atoms with van der Waals surface area (Å²) < 4.78 is 5.09. The van der Waals surface area contributed by atoms with E-state index in [-0.39, 0.29) is 6.42 Å². The highest BCUT2D eigenvalue weighted by molar-refractivity contribution is 6.06. The van der Waals surface area contributed by atoms with E-state index in [2.05, 4.69) is 5.32 Å². The van der Waals surface area contributed by atoms with Gasteiger partial charge in [0.2, 0.25) is 0 Å². The van der Waals surface area contributed by atoms with Crippen LogP contribution < -0.4 is 10.1 Å². The number of amides is 1. The van der Waals surface area contributed by atoms with Gasteiger partial charge in [-0.3, -0.25) is 4.79 Å². The topological polar surface area (TPSA) is 82.3 Å². The Balaban J connectivity index is 2.63. The van der Waals surface area contributed by atoms with Gasteiger partial charge < -0.3 is 15.2 Å². The molecule has 2 N–H and O–H groups in total. The van der Waals surface area contributed by atoms with Crippen molar-refractivity contribution in [3.05, 3.63) is 23.8 Å². The van der Waals surface area contributed by atoms with Gasteiger partial charge in [0.15, 0.2) is 5.60 Å². The summed E-state index contributed by atoms with van der Waals surface area (Å²) in [6.07, 6.45) is -0.299. The smallest absolute Gasteiger partial charge is 0.262 e. The van der Waals surface area contributed by atoms with Crippen molar-refractivity contribution in [2.24, 2.45) is 0 Å². The van der Waals surface area contributed by atoms with E-state index in [1.807, 2.05) is 0 Å². The summed E-state index contributed by atoms with van der Waals surface area (Å²) in [5.41, 5.74) is -0.984. The summed E-state index contributed by atoms with van der Waals surface area (Å²) in [6.45, 7) is 0. The van der Waals surface area contributed by atoms with Crippen molar-refractivity contribution in [3.63, 3.8) is 0 Å². The molecule has 1 aromatic carbocycles. The number of nitrogens with zero attached hydrogens (tertiary/aromatic N) is 1. The maximum Gasteiger partial charge on any atom is 0.262 e. The maximum atomic E-state index is 11.6. The number of hydrogen-bond acceptors (Lipinski definition) is 4. The van der Waals surface area contributed by atoms with Crippen molar-refractivity contribution < 1.29 is 14.6 Å². The Labute approximate surface area is 92.3 Å². The van der Waals surface area contributed by atoms with Gasteiger partial charge in [0, 0.05) is 0 Å². The van der Waals surface area contributed by atoms with Crippen LogP contribution >= 0.6 is 0 Å². The van der Waals surface area contributed by atoms with E-state index in [4.69, 9.17) is 10.00 Å². The van der Waals surface area contributed by atoms with Crippen LogP contribution in [0, 0.1) is 11.3 Å². The fraction of sp³-hybridized carbons (Fsp3) is 0.273. The van der Waals surface area contributed by atoms with Crippen LogP contribution in [0.2, 0.25) is 0 Å². The highest BCUT2D eigenvalue weighted by Crippen LogP contribution is 2.43. The number of benzene rings is 1. The molecule has 0 saturated carbocycles. The van der Waals surface area contributed by atoms with Crippen LogP contribution in [0.25, 0.3) is 0 Å². The van der Waals surface area contributed by atoms with Gasteiger partial charge in [-0.2, -0.15) is 5.26 Å². The van der Waals surface area contributed by atoms with Crippen molar-refractivity contribution in [3.8, 4) is 11.8 Å². The summed E-state index contributed by atoms with van der Waals surface area (Å²) in [5.74, 6) is -0.192. The lowest BCUT2D eigenvalue weighted by molar-refractivity contribution is -0.133. The minimum Gasteiger partial charge on any atom is -0.496 e. The number of methoxy groups -OCH3 is 1. The molecule has 0 aromatic heterocycles. The molecule has 1 amide bonds. The number of hydrogen-bond donors (Lipinski definition) is 2. The highest BCUT2D eigenvalue weighted by atomic mass is 16.5. The molecular formula is C11H10N2O3. The van der Waals surface area contributed by atoms with E-state index >= 15 is 0 Å². The SMILES string of the molecule is COc1cccc2c1[C@](O)(CC#N)C(=O)N2. The van der Waals surface area contributed by atoms with E-state index in [0.717, 1.165) is 0 Å². The van der Waals surface area contributed by atoms with Crippen LogP contribution in [-0.4, -0.2) is 18.1 Å². The fourth-order valence-corrected chi connectivity index (χ4v) is 1.85. The molecule has 1 heterocycles. The molecule has 1 aliphatic rings. The first-order chi connectivity index (χ1) is 7.63. The van der Waals surface area contributed by atoms with Crippen molar-refractivity contribution in [2.75, 3.05) is 12.4 Å². The average Bonchev–Trinajstić information content (AvgIpc) is 2.52. The van der Waals surface area contributed by atoms with Gasteiger partial charge in [-0.25, -0.2) is 0 Å². The standard InChI is InChI=1S/C11H10N2O3/c1-16-8-4-2-3-7-9(8)11(15,5-6-12)10(14)13-7/h2-4,15H,5H2,1H3,(H,13,14)/t11-/m1/s1. The molecule has 82 valence electrons. The molecule has 5 nitrogen and oxygen atoms in total. The molecular weight excluding hydrogens is 208 g/mol. The Kier molecular flexibility index (Phi) is 2.29. The van der Waals surface area contributed by atoms with Gasteiger partial charge in [0.1, 0.15) is 5.75 Å². The molecule has 0 fully saturated rings. The lowest BCUT2D eigenvalue weighted by Crippen LogP contribution is -2.33. The molecule has 2 rings (SSSR count). The Morgan fingerprint density at radius 2 is 2.38 bits per heavy atom. The number of anilines is 1. The lowest BCUT2D eigenvalue weighted by Gasteiger charge is -2.18. The first-order valence-corrected chi connectivity index (χ1v) is 4.71. The Bertz CT molecular complexity index is 492. The van der Waals surface area contributed by atoms with E-state index in [0.29, 0.717) is 17.0 Å². The Morgan fingerprint density at radius 3 is 3.00 bits per heavy atom. The van der Waals surface area contributed by atoms with Crippen molar-refractivity contribution in [1.29, 1.82) is 5.26 Å². The number of ether oxygens (including phenoxy) is 1. The van der Waals surface area contributed by atoms with Gasteiger partial charge in [0.25, 0.3) is 5.91 Å². The van der Waals surface area contributed by atoms with Gasteiger partial charge in [-0.05, 0) is 12.1 Å². The number of aliphatic hydroxyl groups is 1. The van der Waals surface area contributed by atoms with Crippen molar-refractivity contribution >= 4 is 11.6 Å². The summed E-state index contributed by atoms with van der Waals surface area (Å²) >= 11 is 0. The van der Waals surface area contributed by atoms with Gasteiger partial charge >= 0.3 is 0 Å². The molecule has 1 aliphatic heterocycles. The van der Waals surface area contributed by atoms with Gasteiger partial charge in [-0.15, -0.1) is 0 Å². The number of carbonyl (C=O) groups excluding carboxylic acids is 1. The number of nitrogens with one attached hydrogen (secondary N) is 1. The van der Waals surface area contributed by atoms with E-state index in [1.54, 1.807) is 24.3 Å². The zero-order valence-corrected chi connectivity index (χ0v) is 8.65. The predicted molar refractivity (Wildman–Crippen MR) is 55.8 cm³/mol. The summed E-state index contributed by atoms with van der Waals surface area (Å²) in [4.78, 5) is 11.6. The predicted octanol–water partition coefficient (Wildman–Crippen LogP) is 0.749. The maximum absolute atomic E-state index is 11.6. The van der Waals surface area contributed by atoms with Gasteiger partial charge in [-0.1, -0.05) is 6.07 Å². The van der Waals surface area contributed by atoms with Crippen molar-refractivity contribution in [1.82, 2.24) is 0 Å². The van der Waals surface area contributed by atoms with Crippen LogP contribution in [0.3, 0.4) is 0 Å². The third-order valence-corrected chi connectivity index (χ3v) is 2.62. The molecule has 1 atom stereocenters. The second-order valence-corrected chi connectivity index (χ2v) is 3.53. The molecule has 0 radical (unpaired) electrons. The molecule has 0 bridgehead atoms. The molecule has 0 aliphatic carbocycles. The third-order valence-electron chi connectivity index (χ3n) is 2.62. The van der Waals surface area contributed by atoms with Crippen LogP contribution in [-0.2, 0) is 10.4 Å². The summed E-state index contributed by atoms with van der Waals surface area (Å²) in [6, 6.07) is 6.81. The quantitative estimate of drug-likeness (QED) is 0.767. The molecule has 1 aromatic rings. The third kappa shape index (κ3) is 1.24. The van der Waals surface area contributed by atoms with Crippen LogP contribution in [0.5, 0.6) is 5.75 Å². The van der Waals surface area contributed by atoms with E-state index in [1.165, 1.54) is 7.11 Å². The second-order valence-electron chi connectivity index (χ2n) is 3.53. The Hall–Kier alpha value is -2.06. The number of carbonyl (C=O) groups is 1. The second kappa shape index (κ2) is 3.51. The first kappa shape index (κ1) is 10.5. The molecule has 0 spiro atoms. The van der Waals surface area contributed by atoms with Gasteiger partial charge in [0.05, 0.1) is 30.9 Å². The van der Waals surface area contributed by atoms with E-state index < -0.39 is 11.5 Å². The molecule has 0 saturated heterocycles. The summed E-state index contributed by atoms with van der Waals surface area (Å²) in [5, 5.41) is 21.4. The minimum atomic E-state index is -1.81. The zero-order chi connectivity index (χ0) is 11.8. The largest absolute Gasteiger partial charge is 0.496 e. The number of fused-ring (bicyclic) bond motifs is 1. The number of rotatable bonds is 2. The average molecular weight is 218 g/mol. The lowest BCUT2D eigenvalue weighted by atomic mass is 9.91. The van der Waals surface area contributed by atoms with Crippen LogP contribution in [0.1, 0.15) is 12.0 Å². The fourth-order valence-electron chi connectivity index (χ4n) is 1.85. The molecule has 5 heteroatoms. The minimum absolute atomic E-state index is 0.299. The first-order valence-electron chi connectivity index (χ1n) is 4.71. The van der Waals surface area contributed by atoms with Crippen LogP contribution in [0.15, 0.2) is 18.2 Å². The normalized spacial score (nSPS) is 22.2. The number of nitriles is 1. The van der Waals surface area contributed by atoms with Crippen molar-refractivity contribution in [2.45, 2.75) is 12.0 Å². The summed E-state index contributed by atoms with van der Waals surface area (Å²) in [7, 11) is 1.45. The van der Waals surface area contributed by atoms with E-state index in [9.17, 15) is 9.90 Å². The highest BCUT2D eigenvalue weighted by Gasteiger charge is 2.47. The Morgan fingerprint density at radius 1 is 1.62 bits per heavy atom. The zero-order valence-electron chi connectivity index (χ0n) is 8.65. The van der Waals surface area contributed by atoms with Crippen LogP contribution in [0.4, 0.5) is 5.69 Å². The molecule has 0 unspecified atom stereocenters.